The Morgan fingerprint density at radius 3 is 2.37 bits per heavy atom. The average molecular weight is 499 g/mol. The third-order valence-corrected chi connectivity index (χ3v) is 6.24. The van der Waals surface area contributed by atoms with Gasteiger partial charge in [0.15, 0.2) is 0 Å². The molecule has 1 unspecified atom stereocenters. The number of hydrogen-bond donors (Lipinski definition) is 0. The first-order valence-electron chi connectivity index (χ1n) is 10.7. The van der Waals surface area contributed by atoms with Crippen LogP contribution in [0.4, 0.5) is 13.2 Å². The van der Waals surface area contributed by atoms with E-state index in [1.165, 1.54) is 30.6 Å². The van der Waals surface area contributed by atoms with Crippen LogP contribution in [0.3, 0.4) is 0 Å². The van der Waals surface area contributed by atoms with Crippen LogP contribution < -0.4 is 4.74 Å². The fourth-order valence-corrected chi connectivity index (χ4v) is 4.27. The zero-order valence-corrected chi connectivity index (χ0v) is 19.5. The molecular weight excluding hydrogens is 477 g/mol. The van der Waals surface area contributed by atoms with Crippen molar-refractivity contribution in [3.8, 4) is 16.9 Å². The van der Waals surface area contributed by atoms with Crippen LogP contribution in [-0.2, 0) is 22.3 Å². The minimum absolute atomic E-state index is 0.155. The maximum Gasteiger partial charge on any atom is 0.416 e. The van der Waals surface area contributed by atoms with E-state index in [1.807, 2.05) is 48.5 Å². The molecule has 35 heavy (non-hydrogen) atoms. The van der Waals surface area contributed by atoms with E-state index in [4.69, 9.17) is 9.47 Å². The normalized spacial score (nSPS) is 12.2. The van der Waals surface area contributed by atoms with Crippen LogP contribution in [0.1, 0.15) is 34.0 Å². The van der Waals surface area contributed by atoms with E-state index in [0.29, 0.717) is 11.3 Å². The van der Waals surface area contributed by atoms with Gasteiger partial charge >= 0.3 is 12.1 Å². The number of aromatic nitrogens is 2. The summed E-state index contributed by atoms with van der Waals surface area (Å²) in [6.45, 7) is 0.288. The summed E-state index contributed by atoms with van der Waals surface area (Å²) in [5.41, 5.74) is 4.21. The molecule has 0 saturated carbocycles. The van der Waals surface area contributed by atoms with E-state index in [1.54, 1.807) is 5.51 Å². The highest BCUT2D eigenvalue weighted by Crippen LogP contribution is 2.32. The van der Waals surface area contributed by atoms with Crippen LogP contribution in [-0.4, -0.2) is 23.3 Å². The van der Waals surface area contributed by atoms with Gasteiger partial charge in [-0.1, -0.05) is 42.5 Å². The van der Waals surface area contributed by atoms with E-state index in [9.17, 15) is 18.0 Å². The Bertz CT molecular complexity index is 1260. The molecule has 1 heterocycles. The number of hydrogen-bond acceptors (Lipinski definition) is 6. The first-order chi connectivity index (χ1) is 16.8. The molecule has 1 aromatic heterocycles. The van der Waals surface area contributed by atoms with E-state index in [0.717, 1.165) is 33.8 Å². The molecule has 0 aliphatic carbocycles. The molecular formula is C26H21F3N2O3S. The molecule has 5 nitrogen and oxygen atoms in total. The van der Waals surface area contributed by atoms with Gasteiger partial charge in [-0.25, -0.2) is 0 Å². The first kappa shape index (κ1) is 24.4. The summed E-state index contributed by atoms with van der Waals surface area (Å²) in [6.07, 6.45) is -4.21. The lowest BCUT2D eigenvalue weighted by atomic mass is 9.96. The smallest absolute Gasteiger partial charge is 0.416 e. The van der Waals surface area contributed by atoms with Gasteiger partial charge in [0.2, 0.25) is 0 Å². The Balaban J connectivity index is 1.43. The van der Waals surface area contributed by atoms with Gasteiger partial charge in [-0.2, -0.15) is 13.2 Å². The number of carbonyl (C=O) groups is 1. The second-order valence-electron chi connectivity index (χ2n) is 7.74. The van der Waals surface area contributed by atoms with Gasteiger partial charge in [0, 0.05) is 5.92 Å². The minimum Gasteiger partial charge on any atom is -0.489 e. The molecule has 4 aromatic rings. The number of esters is 1. The van der Waals surface area contributed by atoms with Gasteiger partial charge in [-0.15, -0.1) is 21.5 Å². The summed E-state index contributed by atoms with van der Waals surface area (Å²) in [4.78, 5) is 11.9. The molecule has 9 heteroatoms. The maximum absolute atomic E-state index is 12.8. The lowest BCUT2D eigenvalue weighted by Gasteiger charge is -2.14. The summed E-state index contributed by atoms with van der Waals surface area (Å²) in [7, 11) is 1.35. The van der Waals surface area contributed by atoms with Crippen molar-refractivity contribution in [2.24, 2.45) is 0 Å². The average Bonchev–Trinajstić information content (AvgIpc) is 3.41. The Morgan fingerprint density at radius 2 is 1.74 bits per heavy atom. The number of nitrogens with zero attached hydrogens (tertiary/aromatic N) is 2. The van der Waals surface area contributed by atoms with Gasteiger partial charge in [0.05, 0.1) is 19.1 Å². The fourth-order valence-electron chi connectivity index (χ4n) is 3.59. The monoisotopic (exact) mass is 498 g/mol. The third-order valence-electron chi connectivity index (χ3n) is 5.43. The topological polar surface area (TPSA) is 61.3 Å². The highest BCUT2D eigenvalue weighted by Gasteiger charge is 2.30. The summed E-state index contributed by atoms with van der Waals surface area (Å²) >= 11 is 1.37. The van der Waals surface area contributed by atoms with Gasteiger partial charge in [-0.3, -0.25) is 4.79 Å². The highest BCUT2D eigenvalue weighted by atomic mass is 32.1. The summed E-state index contributed by atoms with van der Waals surface area (Å²) in [5.74, 6) is 0.0469. The Morgan fingerprint density at radius 1 is 1.00 bits per heavy atom. The van der Waals surface area contributed by atoms with Crippen LogP contribution in [0.2, 0.25) is 0 Å². The van der Waals surface area contributed by atoms with E-state index in [-0.39, 0.29) is 24.9 Å². The number of methoxy groups -OCH3 is 1. The molecule has 180 valence electrons. The van der Waals surface area contributed by atoms with Crippen molar-refractivity contribution in [3.05, 3.63) is 100 Å². The predicted octanol–water partition coefficient (Wildman–Crippen LogP) is 6.50. The second kappa shape index (κ2) is 10.7. The second-order valence-corrected chi connectivity index (χ2v) is 8.61. The van der Waals surface area contributed by atoms with Crippen LogP contribution in [0.5, 0.6) is 5.75 Å². The first-order valence-corrected chi connectivity index (χ1v) is 11.5. The zero-order valence-electron chi connectivity index (χ0n) is 18.7. The highest BCUT2D eigenvalue weighted by molar-refractivity contribution is 7.09. The summed E-state index contributed by atoms with van der Waals surface area (Å²) in [5, 5.41) is 8.70. The molecule has 0 amide bonds. The van der Waals surface area contributed by atoms with Crippen LogP contribution >= 0.6 is 11.3 Å². The number of alkyl halides is 3. The number of halogens is 3. The van der Waals surface area contributed by atoms with Crippen molar-refractivity contribution >= 4 is 17.3 Å². The zero-order chi connectivity index (χ0) is 24.8. The Kier molecular flexibility index (Phi) is 7.45. The molecule has 0 spiro atoms. The Labute approximate surface area is 204 Å². The standard InChI is InChI=1S/C26H21F3N2O3S/c1-33-24(32)14-23(25-31-30-16-35-25)19-7-11-22(12-8-19)34-15-17-3-2-4-20(13-17)18-5-9-21(10-6-18)26(27,28)29/h2-13,16,23H,14-15H2,1H3. The fraction of sp³-hybridized carbons (Fsp3) is 0.192. The van der Waals surface area contributed by atoms with Crippen LogP contribution in [0.15, 0.2) is 78.3 Å². The van der Waals surface area contributed by atoms with Crippen molar-refractivity contribution in [2.75, 3.05) is 7.11 Å². The van der Waals surface area contributed by atoms with Crippen molar-refractivity contribution in [3.63, 3.8) is 0 Å². The van der Waals surface area contributed by atoms with E-state index >= 15 is 0 Å². The number of benzene rings is 3. The molecule has 4 rings (SSSR count). The predicted molar refractivity (Wildman–Crippen MR) is 126 cm³/mol. The van der Waals surface area contributed by atoms with Crippen LogP contribution in [0, 0.1) is 0 Å². The summed E-state index contributed by atoms with van der Waals surface area (Å²) in [6, 6.07) is 19.9. The van der Waals surface area contributed by atoms with Crippen molar-refractivity contribution in [1.29, 1.82) is 0 Å². The van der Waals surface area contributed by atoms with Gasteiger partial charge < -0.3 is 9.47 Å². The Hall–Kier alpha value is -3.72. The van der Waals surface area contributed by atoms with Crippen LogP contribution in [0.25, 0.3) is 11.1 Å². The molecule has 0 radical (unpaired) electrons. The molecule has 0 aliphatic heterocycles. The molecule has 0 fully saturated rings. The number of rotatable bonds is 8. The minimum atomic E-state index is -4.36. The maximum atomic E-state index is 12.8. The number of ether oxygens (including phenoxy) is 2. The summed E-state index contributed by atoms with van der Waals surface area (Å²) < 4.78 is 49.2. The quantitative estimate of drug-likeness (QED) is 0.260. The molecule has 0 N–H and O–H groups in total. The van der Waals surface area contributed by atoms with Crippen molar-refractivity contribution in [1.82, 2.24) is 10.2 Å². The van der Waals surface area contributed by atoms with Crippen molar-refractivity contribution < 1.29 is 27.4 Å². The van der Waals surface area contributed by atoms with Gasteiger partial charge in [-0.05, 0) is 52.6 Å². The lowest BCUT2D eigenvalue weighted by Crippen LogP contribution is -2.10. The number of carbonyl (C=O) groups excluding carboxylic acids is 1. The molecule has 3 aromatic carbocycles. The van der Waals surface area contributed by atoms with Crippen molar-refractivity contribution in [2.45, 2.75) is 25.1 Å². The van der Waals surface area contributed by atoms with E-state index < -0.39 is 11.7 Å². The van der Waals surface area contributed by atoms with Gasteiger partial charge in [0.1, 0.15) is 22.9 Å². The molecule has 1 atom stereocenters. The van der Waals surface area contributed by atoms with Gasteiger partial charge in [0.25, 0.3) is 0 Å². The third kappa shape index (κ3) is 6.24. The molecule has 0 aliphatic rings. The molecule has 0 saturated heterocycles. The largest absolute Gasteiger partial charge is 0.489 e. The lowest BCUT2D eigenvalue weighted by molar-refractivity contribution is -0.141. The SMILES string of the molecule is COC(=O)CC(c1ccc(OCc2cccc(-c3ccc(C(F)(F)F)cc3)c2)cc1)c1nncs1. The molecule has 0 bridgehead atoms. The van der Waals surface area contributed by atoms with E-state index in [2.05, 4.69) is 10.2 Å².